The van der Waals surface area contributed by atoms with Crippen LogP contribution in [0, 0.1) is 25.7 Å². The molecule has 0 spiro atoms. The lowest BCUT2D eigenvalue weighted by atomic mass is 9.93. The van der Waals surface area contributed by atoms with E-state index >= 15 is 0 Å². The van der Waals surface area contributed by atoms with Crippen LogP contribution < -0.4 is 0 Å². The molecule has 1 aliphatic rings. The Balaban J connectivity index is 1.76. The quantitative estimate of drug-likeness (QED) is 0.642. The summed E-state index contributed by atoms with van der Waals surface area (Å²) in [4.78, 5) is -0.324. The molecule has 1 saturated carbocycles. The van der Waals surface area contributed by atoms with Gasteiger partial charge >= 0.3 is 0 Å². The van der Waals surface area contributed by atoms with Crippen molar-refractivity contribution in [3.8, 4) is 0 Å². The molecular weight excluding hydrogens is 412 g/mol. The first-order valence-corrected chi connectivity index (χ1v) is 12.4. The Labute approximate surface area is 172 Å². The molecule has 0 bridgehead atoms. The molecule has 6 nitrogen and oxygen atoms in total. The second kappa shape index (κ2) is 8.18. The molecule has 0 radical (unpaired) electrons. The maximum Gasteiger partial charge on any atom is 0.124 e. The van der Waals surface area contributed by atoms with Crippen molar-refractivity contribution in [1.82, 2.24) is 0 Å². The Morgan fingerprint density at radius 2 is 1.14 bits per heavy atom. The first-order valence-electron chi connectivity index (χ1n) is 9.54. The first kappa shape index (κ1) is 22.0. The number of hydrogen-bond acceptors (Lipinski definition) is 6. The minimum Gasteiger partial charge on any atom is -0.744 e. The van der Waals surface area contributed by atoms with Crippen molar-refractivity contribution in [2.75, 3.05) is 0 Å². The van der Waals surface area contributed by atoms with Crippen molar-refractivity contribution in [2.45, 2.75) is 55.7 Å². The van der Waals surface area contributed by atoms with E-state index in [-0.39, 0.29) is 21.6 Å². The fourth-order valence-electron chi connectivity index (χ4n) is 4.39. The SMILES string of the molecule is Cc1ccc(S(=O)(=O)[O-])c(CC2CCC(Cc3cc(C)ccc3S(=O)(=O)[O-])C2)c1. The highest BCUT2D eigenvalue weighted by atomic mass is 32.2. The number of benzene rings is 2. The van der Waals surface area contributed by atoms with E-state index < -0.39 is 20.2 Å². The van der Waals surface area contributed by atoms with Crippen LogP contribution in [0.15, 0.2) is 46.2 Å². The van der Waals surface area contributed by atoms with Crippen molar-refractivity contribution < 1.29 is 25.9 Å². The molecule has 0 aromatic heterocycles. The second-order valence-corrected chi connectivity index (χ2v) is 10.8. The molecule has 29 heavy (non-hydrogen) atoms. The molecule has 0 heterocycles. The van der Waals surface area contributed by atoms with Gasteiger partial charge in [-0.15, -0.1) is 0 Å². The molecule has 0 amide bonds. The second-order valence-electron chi connectivity index (χ2n) is 8.08. The standard InChI is InChI=1S/C21H26O6S2/c1-14-3-7-20(28(22,23)24)18(9-14)12-16-5-6-17(11-16)13-19-10-15(2)4-8-21(19)29(25,26)27/h3-4,7-10,16-17H,5-6,11-13H2,1-2H3,(H,22,23,24)(H,25,26,27)/p-2. The maximum absolute atomic E-state index is 11.6. The molecule has 3 rings (SSSR count). The van der Waals surface area contributed by atoms with Gasteiger partial charge in [0.15, 0.2) is 0 Å². The average Bonchev–Trinajstić information content (AvgIpc) is 2.99. The zero-order valence-electron chi connectivity index (χ0n) is 16.4. The summed E-state index contributed by atoms with van der Waals surface area (Å²) in [5.74, 6) is 0.416. The van der Waals surface area contributed by atoms with Gasteiger partial charge in [-0.3, -0.25) is 0 Å². The lowest BCUT2D eigenvalue weighted by Crippen LogP contribution is -2.10. The van der Waals surface area contributed by atoms with E-state index in [9.17, 15) is 25.9 Å². The van der Waals surface area contributed by atoms with Crippen LogP contribution in [-0.4, -0.2) is 25.9 Å². The molecule has 0 N–H and O–H groups in total. The average molecular weight is 437 g/mol. The van der Waals surface area contributed by atoms with Crippen LogP contribution in [0.4, 0.5) is 0 Å². The molecule has 2 aromatic rings. The Kier molecular flexibility index (Phi) is 6.19. The summed E-state index contributed by atoms with van der Waals surface area (Å²) in [7, 11) is -9.06. The van der Waals surface area contributed by atoms with E-state index in [1.165, 1.54) is 12.1 Å². The van der Waals surface area contributed by atoms with Gasteiger partial charge in [0.1, 0.15) is 20.2 Å². The topological polar surface area (TPSA) is 114 Å². The van der Waals surface area contributed by atoms with Gasteiger partial charge in [-0.25, -0.2) is 16.8 Å². The zero-order chi connectivity index (χ0) is 21.4. The summed E-state index contributed by atoms with van der Waals surface area (Å²) in [5.41, 5.74) is 2.88. The Bertz CT molecular complexity index is 1030. The molecular formula is C21H24O6S2-2. The molecule has 2 unspecified atom stereocenters. The van der Waals surface area contributed by atoms with E-state index in [1.54, 1.807) is 24.3 Å². The minimum absolute atomic E-state index is 0.162. The van der Waals surface area contributed by atoms with Crippen LogP contribution >= 0.6 is 0 Å². The highest BCUT2D eigenvalue weighted by Gasteiger charge is 2.27. The number of aryl methyl sites for hydroxylation is 2. The number of hydrogen-bond donors (Lipinski definition) is 0. The van der Waals surface area contributed by atoms with Crippen LogP contribution in [0.5, 0.6) is 0 Å². The molecule has 0 aliphatic heterocycles. The normalized spacial score (nSPS) is 20.1. The summed E-state index contributed by atoms with van der Waals surface area (Å²) >= 11 is 0. The summed E-state index contributed by atoms with van der Waals surface area (Å²) in [6.45, 7) is 3.70. The van der Waals surface area contributed by atoms with E-state index in [0.717, 1.165) is 30.4 Å². The van der Waals surface area contributed by atoms with Crippen molar-refractivity contribution >= 4 is 20.2 Å². The van der Waals surface area contributed by atoms with Crippen LogP contribution in [0.1, 0.15) is 41.5 Å². The Morgan fingerprint density at radius 1 is 0.759 bits per heavy atom. The smallest absolute Gasteiger partial charge is 0.124 e. The zero-order valence-corrected chi connectivity index (χ0v) is 18.1. The summed E-state index contributed by atoms with van der Waals surface area (Å²) in [5, 5.41) is 0. The monoisotopic (exact) mass is 436 g/mol. The van der Waals surface area contributed by atoms with E-state index in [2.05, 4.69) is 0 Å². The Hall–Kier alpha value is -1.74. The van der Waals surface area contributed by atoms with E-state index in [1.807, 2.05) is 13.8 Å². The van der Waals surface area contributed by atoms with Gasteiger partial charge < -0.3 is 9.11 Å². The van der Waals surface area contributed by atoms with E-state index in [4.69, 9.17) is 0 Å². The molecule has 2 atom stereocenters. The predicted molar refractivity (Wildman–Crippen MR) is 107 cm³/mol. The van der Waals surface area contributed by atoms with Crippen molar-refractivity contribution in [2.24, 2.45) is 11.8 Å². The molecule has 1 aliphatic carbocycles. The van der Waals surface area contributed by atoms with Crippen LogP contribution in [0.2, 0.25) is 0 Å². The minimum atomic E-state index is -4.53. The summed E-state index contributed by atoms with van der Waals surface area (Å²) in [6.07, 6.45) is 3.51. The van der Waals surface area contributed by atoms with E-state index in [0.29, 0.717) is 24.0 Å². The third-order valence-electron chi connectivity index (χ3n) is 5.64. The lowest BCUT2D eigenvalue weighted by Gasteiger charge is -2.18. The lowest BCUT2D eigenvalue weighted by molar-refractivity contribution is 0.456. The largest absolute Gasteiger partial charge is 0.744 e. The van der Waals surface area contributed by atoms with Gasteiger partial charge in [0.05, 0.1) is 9.79 Å². The van der Waals surface area contributed by atoms with Crippen LogP contribution in [0.25, 0.3) is 0 Å². The van der Waals surface area contributed by atoms with Crippen LogP contribution in [-0.2, 0) is 33.1 Å². The van der Waals surface area contributed by atoms with Gasteiger partial charge in [-0.2, -0.15) is 0 Å². The Morgan fingerprint density at radius 3 is 1.48 bits per heavy atom. The maximum atomic E-state index is 11.6. The fraction of sp³-hybridized carbons (Fsp3) is 0.429. The van der Waals surface area contributed by atoms with Crippen molar-refractivity contribution in [1.29, 1.82) is 0 Å². The third-order valence-corrected chi connectivity index (χ3v) is 7.51. The molecule has 2 aromatic carbocycles. The highest BCUT2D eigenvalue weighted by molar-refractivity contribution is 7.86. The number of rotatable bonds is 6. The molecule has 0 saturated heterocycles. The molecule has 8 heteroatoms. The van der Waals surface area contributed by atoms with Gasteiger partial charge in [-0.05, 0) is 81.0 Å². The summed E-state index contributed by atoms with van der Waals surface area (Å²) in [6, 6.07) is 9.49. The first-order chi connectivity index (χ1) is 13.4. The fourth-order valence-corrected chi connectivity index (χ4v) is 5.79. The summed E-state index contributed by atoms with van der Waals surface area (Å²) < 4.78 is 69.4. The van der Waals surface area contributed by atoms with Crippen molar-refractivity contribution in [3.63, 3.8) is 0 Å². The predicted octanol–water partition coefficient (Wildman–Crippen LogP) is 3.31. The van der Waals surface area contributed by atoms with Gasteiger partial charge in [0.25, 0.3) is 0 Å². The van der Waals surface area contributed by atoms with Gasteiger partial charge in [0, 0.05) is 0 Å². The molecule has 1 fully saturated rings. The third kappa shape index (κ3) is 5.45. The molecule has 158 valence electrons. The highest BCUT2D eigenvalue weighted by Crippen LogP contribution is 2.37. The van der Waals surface area contributed by atoms with Gasteiger partial charge in [-0.1, -0.05) is 35.4 Å². The van der Waals surface area contributed by atoms with Gasteiger partial charge in [0.2, 0.25) is 0 Å². The van der Waals surface area contributed by atoms with Crippen LogP contribution in [0.3, 0.4) is 0 Å². The van der Waals surface area contributed by atoms with Crippen molar-refractivity contribution in [3.05, 3.63) is 58.7 Å².